The standard InChI is InChI=1S/C16H19NO/c1-2-11-3-5-12(6-4-11)16(18)13-9-14-7-8-15(10-13)17-14/h2-6,13-15,17H,1,7-10H2. The van der Waals surface area contributed by atoms with Crippen molar-refractivity contribution in [3.8, 4) is 0 Å². The van der Waals surface area contributed by atoms with E-state index in [0.717, 1.165) is 24.0 Å². The SMILES string of the molecule is C=Cc1ccc(C(=O)C2CC3CCC(C2)N3)cc1. The molecule has 18 heavy (non-hydrogen) atoms. The number of fused-ring (bicyclic) bond motifs is 2. The number of ketones is 1. The number of hydrogen-bond acceptors (Lipinski definition) is 2. The largest absolute Gasteiger partial charge is 0.311 e. The van der Waals surface area contributed by atoms with Crippen LogP contribution >= 0.6 is 0 Å². The van der Waals surface area contributed by atoms with Crippen molar-refractivity contribution in [3.63, 3.8) is 0 Å². The molecule has 0 aromatic heterocycles. The topological polar surface area (TPSA) is 29.1 Å². The molecular formula is C16H19NO. The highest BCUT2D eigenvalue weighted by Gasteiger charge is 2.36. The Morgan fingerprint density at radius 3 is 2.33 bits per heavy atom. The van der Waals surface area contributed by atoms with Crippen LogP contribution in [0.5, 0.6) is 0 Å². The maximum atomic E-state index is 12.5. The van der Waals surface area contributed by atoms with Crippen molar-refractivity contribution in [2.75, 3.05) is 0 Å². The number of rotatable bonds is 3. The lowest BCUT2D eigenvalue weighted by atomic mass is 9.86. The smallest absolute Gasteiger partial charge is 0.166 e. The summed E-state index contributed by atoms with van der Waals surface area (Å²) in [7, 11) is 0. The molecule has 2 atom stereocenters. The predicted octanol–water partition coefficient (Wildman–Crippen LogP) is 3.04. The lowest BCUT2D eigenvalue weighted by Crippen LogP contribution is -2.40. The Balaban J connectivity index is 1.75. The number of piperidine rings is 1. The molecule has 0 saturated carbocycles. The van der Waals surface area contributed by atoms with E-state index in [1.54, 1.807) is 6.08 Å². The van der Waals surface area contributed by atoms with E-state index in [0.29, 0.717) is 17.9 Å². The summed E-state index contributed by atoms with van der Waals surface area (Å²) in [6.07, 6.45) is 6.31. The Bertz CT molecular complexity index is 450. The van der Waals surface area contributed by atoms with E-state index in [9.17, 15) is 4.79 Å². The number of carbonyl (C=O) groups is 1. The van der Waals surface area contributed by atoms with Crippen molar-refractivity contribution in [2.24, 2.45) is 5.92 Å². The average Bonchev–Trinajstić information content (AvgIpc) is 2.77. The molecule has 2 saturated heterocycles. The molecule has 2 aliphatic rings. The molecule has 2 heteroatoms. The number of Topliss-reactive ketones (excluding diaryl/α,β-unsaturated/α-hetero) is 1. The molecule has 1 aromatic carbocycles. The second kappa shape index (κ2) is 4.69. The number of nitrogens with one attached hydrogen (secondary N) is 1. The van der Waals surface area contributed by atoms with E-state index in [1.807, 2.05) is 24.3 Å². The lowest BCUT2D eigenvalue weighted by molar-refractivity contribution is 0.0875. The fourth-order valence-electron chi connectivity index (χ4n) is 3.29. The van der Waals surface area contributed by atoms with E-state index in [2.05, 4.69) is 11.9 Å². The van der Waals surface area contributed by atoms with Gasteiger partial charge in [0.1, 0.15) is 0 Å². The molecule has 2 bridgehead atoms. The second-order valence-electron chi connectivity index (χ2n) is 5.50. The summed E-state index contributed by atoms with van der Waals surface area (Å²) in [6, 6.07) is 8.95. The van der Waals surface area contributed by atoms with Crippen molar-refractivity contribution in [1.29, 1.82) is 0 Å². The van der Waals surface area contributed by atoms with Crippen LogP contribution in [0.1, 0.15) is 41.6 Å². The Morgan fingerprint density at radius 1 is 1.17 bits per heavy atom. The first kappa shape index (κ1) is 11.7. The van der Waals surface area contributed by atoms with E-state index in [1.165, 1.54) is 12.8 Å². The first-order chi connectivity index (χ1) is 8.76. The van der Waals surface area contributed by atoms with Crippen LogP contribution in [-0.4, -0.2) is 17.9 Å². The second-order valence-corrected chi connectivity index (χ2v) is 5.50. The van der Waals surface area contributed by atoms with Gasteiger partial charge in [0.2, 0.25) is 0 Å². The van der Waals surface area contributed by atoms with E-state index in [-0.39, 0.29) is 5.92 Å². The zero-order valence-electron chi connectivity index (χ0n) is 10.6. The minimum Gasteiger partial charge on any atom is -0.311 e. The Labute approximate surface area is 108 Å². The Kier molecular flexibility index (Phi) is 3.04. The minimum atomic E-state index is 0.221. The van der Waals surface area contributed by atoms with E-state index >= 15 is 0 Å². The van der Waals surface area contributed by atoms with Gasteiger partial charge in [0.05, 0.1) is 0 Å². The molecule has 1 aromatic rings. The zero-order chi connectivity index (χ0) is 12.5. The van der Waals surface area contributed by atoms with Crippen LogP contribution < -0.4 is 5.32 Å². The quantitative estimate of drug-likeness (QED) is 0.824. The first-order valence-corrected chi connectivity index (χ1v) is 6.79. The third-order valence-electron chi connectivity index (χ3n) is 4.27. The van der Waals surface area contributed by atoms with Gasteiger partial charge in [-0.3, -0.25) is 4.79 Å². The van der Waals surface area contributed by atoms with Crippen molar-refractivity contribution < 1.29 is 4.79 Å². The molecule has 1 N–H and O–H groups in total. The normalized spacial score (nSPS) is 30.1. The molecule has 0 spiro atoms. The molecule has 2 fully saturated rings. The fourth-order valence-corrected chi connectivity index (χ4v) is 3.29. The zero-order valence-corrected chi connectivity index (χ0v) is 10.6. The first-order valence-electron chi connectivity index (χ1n) is 6.79. The van der Waals surface area contributed by atoms with Crippen molar-refractivity contribution in [2.45, 2.75) is 37.8 Å². The van der Waals surface area contributed by atoms with Gasteiger partial charge in [-0.05, 0) is 31.2 Å². The highest BCUT2D eigenvalue weighted by Crippen LogP contribution is 2.32. The van der Waals surface area contributed by atoms with Gasteiger partial charge in [-0.1, -0.05) is 36.9 Å². The Morgan fingerprint density at radius 2 is 1.78 bits per heavy atom. The van der Waals surface area contributed by atoms with Gasteiger partial charge in [-0.25, -0.2) is 0 Å². The summed E-state index contributed by atoms with van der Waals surface area (Å²) in [5, 5.41) is 3.58. The van der Waals surface area contributed by atoms with Crippen LogP contribution in [0.3, 0.4) is 0 Å². The van der Waals surface area contributed by atoms with E-state index < -0.39 is 0 Å². The summed E-state index contributed by atoms with van der Waals surface area (Å²) >= 11 is 0. The highest BCUT2D eigenvalue weighted by atomic mass is 16.1. The van der Waals surface area contributed by atoms with Crippen LogP contribution in [0.2, 0.25) is 0 Å². The van der Waals surface area contributed by atoms with Crippen LogP contribution in [0.4, 0.5) is 0 Å². The van der Waals surface area contributed by atoms with Crippen LogP contribution in [-0.2, 0) is 0 Å². The molecule has 2 aliphatic heterocycles. The molecule has 2 heterocycles. The third-order valence-corrected chi connectivity index (χ3v) is 4.27. The van der Waals surface area contributed by atoms with E-state index in [4.69, 9.17) is 0 Å². The number of hydrogen-bond donors (Lipinski definition) is 1. The van der Waals surface area contributed by atoms with Gasteiger partial charge < -0.3 is 5.32 Å². The van der Waals surface area contributed by atoms with Crippen molar-refractivity contribution >= 4 is 11.9 Å². The van der Waals surface area contributed by atoms with Gasteiger partial charge in [0, 0.05) is 23.6 Å². The minimum absolute atomic E-state index is 0.221. The van der Waals surface area contributed by atoms with Crippen molar-refractivity contribution in [1.82, 2.24) is 5.32 Å². The fraction of sp³-hybridized carbons (Fsp3) is 0.438. The average molecular weight is 241 g/mol. The molecular weight excluding hydrogens is 222 g/mol. The van der Waals surface area contributed by atoms with Gasteiger partial charge in [0.15, 0.2) is 5.78 Å². The summed E-state index contributed by atoms with van der Waals surface area (Å²) in [4.78, 5) is 12.5. The van der Waals surface area contributed by atoms with Crippen LogP contribution in [0.25, 0.3) is 6.08 Å². The molecule has 2 unspecified atom stereocenters. The monoisotopic (exact) mass is 241 g/mol. The summed E-state index contributed by atoms with van der Waals surface area (Å²) in [5.74, 6) is 0.544. The highest BCUT2D eigenvalue weighted by molar-refractivity contribution is 5.98. The number of benzene rings is 1. The van der Waals surface area contributed by atoms with Gasteiger partial charge >= 0.3 is 0 Å². The summed E-state index contributed by atoms with van der Waals surface area (Å²) < 4.78 is 0. The third kappa shape index (κ3) is 2.13. The van der Waals surface area contributed by atoms with Crippen LogP contribution in [0, 0.1) is 5.92 Å². The molecule has 0 radical (unpaired) electrons. The predicted molar refractivity (Wildman–Crippen MR) is 73.5 cm³/mol. The molecule has 94 valence electrons. The Hall–Kier alpha value is -1.41. The van der Waals surface area contributed by atoms with Crippen molar-refractivity contribution in [3.05, 3.63) is 42.0 Å². The van der Waals surface area contributed by atoms with Gasteiger partial charge in [-0.15, -0.1) is 0 Å². The van der Waals surface area contributed by atoms with Gasteiger partial charge in [0.25, 0.3) is 0 Å². The lowest BCUT2D eigenvalue weighted by Gasteiger charge is -2.28. The maximum absolute atomic E-state index is 12.5. The molecule has 0 amide bonds. The van der Waals surface area contributed by atoms with Gasteiger partial charge in [-0.2, -0.15) is 0 Å². The summed E-state index contributed by atoms with van der Waals surface area (Å²) in [5.41, 5.74) is 1.92. The molecule has 3 rings (SSSR count). The molecule has 0 aliphatic carbocycles. The van der Waals surface area contributed by atoms with Crippen LogP contribution in [0.15, 0.2) is 30.8 Å². The molecule has 2 nitrogen and oxygen atoms in total. The summed E-state index contributed by atoms with van der Waals surface area (Å²) in [6.45, 7) is 3.73. The maximum Gasteiger partial charge on any atom is 0.166 e. The number of carbonyl (C=O) groups excluding carboxylic acids is 1.